The van der Waals surface area contributed by atoms with E-state index in [4.69, 9.17) is 0 Å². The highest BCUT2D eigenvalue weighted by Crippen LogP contribution is 2.32. The molecule has 0 radical (unpaired) electrons. The predicted octanol–water partition coefficient (Wildman–Crippen LogP) is 3.56. The van der Waals surface area contributed by atoms with Crippen molar-refractivity contribution in [3.63, 3.8) is 0 Å². The van der Waals surface area contributed by atoms with E-state index in [0.717, 1.165) is 18.5 Å². The lowest BCUT2D eigenvalue weighted by atomic mass is 9.98. The van der Waals surface area contributed by atoms with Gasteiger partial charge in [-0.2, -0.15) is 0 Å². The molecule has 1 N–H and O–H groups in total. The first-order chi connectivity index (χ1) is 15.1. The fraction of sp³-hybridized carbons (Fsp3) is 0.280. The van der Waals surface area contributed by atoms with E-state index < -0.39 is 0 Å². The number of carbonyl (C=O) groups excluding carboxylic acids is 2. The molecule has 0 aliphatic heterocycles. The van der Waals surface area contributed by atoms with Crippen LogP contribution in [-0.4, -0.2) is 27.8 Å². The smallest absolute Gasteiger partial charge is 0.253 e. The van der Waals surface area contributed by atoms with Gasteiger partial charge in [-0.05, 0) is 18.9 Å². The lowest BCUT2D eigenvalue weighted by Gasteiger charge is -2.12. The van der Waals surface area contributed by atoms with Crippen LogP contribution in [0.5, 0.6) is 0 Å². The monoisotopic (exact) mass is 415 g/mol. The highest BCUT2D eigenvalue weighted by atomic mass is 16.2. The molecule has 2 aromatic carbocycles. The van der Waals surface area contributed by atoms with Crippen molar-refractivity contribution in [1.82, 2.24) is 14.9 Å². The summed E-state index contributed by atoms with van der Waals surface area (Å²) < 4.78 is 1.50. The summed E-state index contributed by atoms with van der Waals surface area (Å²) in [5, 5.41) is 2.81. The average molecular weight is 415 g/mol. The van der Waals surface area contributed by atoms with Gasteiger partial charge in [-0.3, -0.25) is 19.0 Å². The fourth-order valence-corrected chi connectivity index (χ4v) is 4.06. The molecule has 6 nitrogen and oxygen atoms in total. The molecule has 0 spiro atoms. The normalized spacial score (nSPS) is 13.8. The average Bonchev–Trinajstić information content (AvgIpc) is 3.35. The molecule has 1 saturated carbocycles. The second-order valence-corrected chi connectivity index (χ2v) is 7.82. The van der Waals surface area contributed by atoms with Crippen molar-refractivity contribution in [2.75, 3.05) is 6.54 Å². The van der Waals surface area contributed by atoms with E-state index in [1.807, 2.05) is 6.07 Å². The lowest BCUT2D eigenvalue weighted by Crippen LogP contribution is -2.32. The van der Waals surface area contributed by atoms with Crippen molar-refractivity contribution in [1.29, 1.82) is 0 Å². The van der Waals surface area contributed by atoms with E-state index in [0.29, 0.717) is 29.2 Å². The van der Waals surface area contributed by atoms with Gasteiger partial charge in [0.25, 0.3) is 11.5 Å². The number of ketones is 1. The summed E-state index contributed by atoms with van der Waals surface area (Å²) in [5.41, 5.74) is 1.97. The van der Waals surface area contributed by atoms with Crippen LogP contribution in [0.1, 0.15) is 63.6 Å². The number of amides is 1. The molecule has 0 bridgehead atoms. The van der Waals surface area contributed by atoms with E-state index in [2.05, 4.69) is 10.3 Å². The number of carbonyl (C=O) groups is 2. The molecular weight excluding hydrogens is 390 g/mol. The minimum atomic E-state index is -0.344. The molecule has 1 aliphatic rings. The summed E-state index contributed by atoms with van der Waals surface area (Å²) in [5.74, 6) is -0.154. The highest BCUT2D eigenvalue weighted by molar-refractivity contribution is 6.15. The van der Waals surface area contributed by atoms with Crippen molar-refractivity contribution < 1.29 is 9.59 Å². The van der Waals surface area contributed by atoms with Gasteiger partial charge in [-0.15, -0.1) is 0 Å². The third-order valence-electron chi connectivity index (χ3n) is 5.76. The maximum Gasteiger partial charge on any atom is 0.253 e. The van der Waals surface area contributed by atoms with E-state index in [1.165, 1.54) is 17.4 Å². The third-order valence-corrected chi connectivity index (χ3v) is 5.76. The third kappa shape index (κ3) is 4.79. The van der Waals surface area contributed by atoms with Gasteiger partial charge >= 0.3 is 0 Å². The van der Waals surface area contributed by atoms with Crippen LogP contribution >= 0.6 is 0 Å². The van der Waals surface area contributed by atoms with Crippen LogP contribution in [0.25, 0.3) is 0 Å². The topological polar surface area (TPSA) is 81.1 Å². The van der Waals surface area contributed by atoms with Crippen molar-refractivity contribution in [3.05, 3.63) is 99.7 Å². The molecular formula is C25H25N3O3. The first kappa shape index (κ1) is 20.7. The largest absolute Gasteiger partial charge is 0.350 e. The molecule has 6 heteroatoms. The standard InChI is InChI=1S/C25H25N3O3/c29-23-16-22(18-8-4-5-9-18)27-17-28(23)15-14-26-25(31)21-13-7-6-12-20(21)24(30)19-10-2-1-3-11-19/h1-3,6-7,10-13,16-18H,4-5,8-9,14-15H2,(H,26,31). The Hall–Kier alpha value is -3.54. The predicted molar refractivity (Wildman–Crippen MR) is 118 cm³/mol. The Kier molecular flexibility index (Phi) is 6.36. The zero-order valence-corrected chi connectivity index (χ0v) is 17.3. The molecule has 1 fully saturated rings. The van der Waals surface area contributed by atoms with Crippen LogP contribution in [-0.2, 0) is 6.54 Å². The second kappa shape index (κ2) is 9.51. The molecule has 0 atom stereocenters. The Labute approximate surface area is 181 Å². The molecule has 1 amide bonds. The Morgan fingerprint density at radius 1 is 0.968 bits per heavy atom. The molecule has 158 valence electrons. The van der Waals surface area contributed by atoms with Crippen LogP contribution in [0.15, 0.2) is 71.8 Å². The Morgan fingerprint density at radius 2 is 1.65 bits per heavy atom. The Balaban J connectivity index is 1.41. The van der Waals surface area contributed by atoms with E-state index in [-0.39, 0.29) is 23.8 Å². The zero-order chi connectivity index (χ0) is 21.6. The summed E-state index contributed by atoms with van der Waals surface area (Å²) >= 11 is 0. The summed E-state index contributed by atoms with van der Waals surface area (Å²) in [7, 11) is 0. The van der Waals surface area contributed by atoms with E-state index in [1.54, 1.807) is 60.9 Å². The van der Waals surface area contributed by atoms with Crippen molar-refractivity contribution in [2.45, 2.75) is 38.1 Å². The fourth-order valence-electron chi connectivity index (χ4n) is 4.06. The first-order valence-corrected chi connectivity index (χ1v) is 10.7. The Morgan fingerprint density at radius 3 is 2.35 bits per heavy atom. The quantitative estimate of drug-likeness (QED) is 0.598. The molecule has 1 aliphatic carbocycles. The number of rotatable bonds is 7. The molecule has 4 rings (SSSR count). The molecule has 31 heavy (non-hydrogen) atoms. The van der Waals surface area contributed by atoms with Crippen molar-refractivity contribution >= 4 is 11.7 Å². The van der Waals surface area contributed by atoms with Gasteiger partial charge in [-0.25, -0.2) is 4.98 Å². The maximum absolute atomic E-state index is 12.8. The minimum Gasteiger partial charge on any atom is -0.350 e. The van der Waals surface area contributed by atoms with Gasteiger partial charge in [0.2, 0.25) is 0 Å². The lowest BCUT2D eigenvalue weighted by molar-refractivity contribution is 0.0940. The van der Waals surface area contributed by atoms with Crippen LogP contribution in [0.2, 0.25) is 0 Å². The van der Waals surface area contributed by atoms with Gasteiger partial charge in [0, 0.05) is 36.2 Å². The van der Waals surface area contributed by atoms with E-state index >= 15 is 0 Å². The second-order valence-electron chi connectivity index (χ2n) is 7.82. The van der Waals surface area contributed by atoms with Gasteiger partial charge < -0.3 is 5.32 Å². The maximum atomic E-state index is 12.8. The zero-order valence-electron chi connectivity index (χ0n) is 17.3. The van der Waals surface area contributed by atoms with E-state index in [9.17, 15) is 14.4 Å². The summed E-state index contributed by atoms with van der Waals surface area (Å²) in [6, 6.07) is 17.3. The summed E-state index contributed by atoms with van der Waals surface area (Å²) in [6.45, 7) is 0.578. The minimum absolute atomic E-state index is 0.106. The number of nitrogens with zero attached hydrogens (tertiary/aromatic N) is 2. The SMILES string of the molecule is O=C(NCCn1cnc(C2CCCC2)cc1=O)c1ccccc1C(=O)c1ccccc1. The first-order valence-electron chi connectivity index (χ1n) is 10.7. The van der Waals surface area contributed by atoms with Crippen LogP contribution in [0.3, 0.4) is 0 Å². The Bertz CT molecular complexity index is 1130. The van der Waals surface area contributed by atoms with Crippen LogP contribution < -0.4 is 10.9 Å². The molecule has 0 saturated heterocycles. The summed E-state index contributed by atoms with van der Waals surface area (Å²) in [6.07, 6.45) is 6.13. The van der Waals surface area contributed by atoms with Gasteiger partial charge in [0.05, 0.1) is 17.6 Å². The molecule has 1 heterocycles. The number of aromatic nitrogens is 2. The molecule has 0 unspecified atom stereocenters. The van der Waals surface area contributed by atoms with Gasteiger partial charge in [-0.1, -0.05) is 61.4 Å². The molecule has 1 aromatic heterocycles. The van der Waals surface area contributed by atoms with Gasteiger partial charge in [0.1, 0.15) is 0 Å². The van der Waals surface area contributed by atoms with Crippen molar-refractivity contribution in [3.8, 4) is 0 Å². The number of hydrogen-bond acceptors (Lipinski definition) is 4. The van der Waals surface area contributed by atoms with Crippen molar-refractivity contribution in [2.24, 2.45) is 0 Å². The highest BCUT2D eigenvalue weighted by Gasteiger charge is 2.19. The number of hydrogen-bond donors (Lipinski definition) is 1. The van der Waals surface area contributed by atoms with Gasteiger partial charge in [0.15, 0.2) is 5.78 Å². The van der Waals surface area contributed by atoms with Crippen LogP contribution in [0.4, 0.5) is 0 Å². The number of benzene rings is 2. The summed E-state index contributed by atoms with van der Waals surface area (Å²) in [4.78, 5) is 42.4. The number of nitrogens with one attached hydrogen (secondary N) is 1. The molecule has 3 aromatic rings. The van der Waals surface area contributed by atoms with Crippen LogP contribution in [0, 0.1) is 0 Å².